The average molecular weight is 484 g/mol. The van der Waals surface area contributed by atoms with E-state index in [1.54, 1.807) is 4.57 Å². The molecule has 0 saturated carbocycles. The Kier molecular flexibility index (Phi) is 5.84. The van der Waals surface area contributed by atoms with Crippen molar-refractivity contribution < 1.29 is 14.7 Å². The number of imidazole rings is 1. The van der Waals surface area contributed by atoms with E-state index in [4.69, 9.17) is 4.84 Å². The van der Waals surface area contributed by atoms with Gasteiger partial charge in [-0.3, -0.25) is 23.6 Å². The lowest BCUT2D eigenvalue weighted by molar-refractivity contribution is -0.0767. The van der Waals surface area contributed by atoms with Crippen LogP contribution in [0.5, 0.6) is 0 Å². The highest BCUT2D eigenvalue weighted by Crippen LogP contribution is 2.32. The zero-order valence-corrected chi connectivity index (χ0v) is 19.8. The molecule has 1 saturated heterocycles. The quantitative estimate of drug-likeness (QED) is 0.448. The molecule has 1 fully saturated rings. The van der Waals surface area contributed by atoms with Crippen molar-refractivity contribution >= 4 is 38.5 Å². The van der Waals surface area contributed by atoms with Gasteiger partial charge in [-0.1, -0.05) is 19.1 Å². The molecule has 0 radical (unpaired) electrons. The van der Waals surface area contributed by atoms with E-state index >= 15 is 0 Å². The standard InChI is InChI=1S/C23H25N5O5S/c1-3-9-26-22-19(20(30)25(2)23(26)32)18(21(31)28-10-6-11-33-28)16(34-22)12-27-15-8-5-4-7-14(15)24-17(27)13-29/h4-5,7-8,29H,3,6,9-13H2,1-2H3. The van der Waals surface area contributed by atoms with E-state index in [9.17, 15) is 19.5 Å². The third kappa shape index (κ3) is 3.47. The van der Waals surface area contributed by atoms with Gasteiger partial charge in [0, 0.05) is 18.5 Å². The maximum atomic E-state index is 13.6. The van der Waals surface area contributed by atoms with E-state index in [2.05, 4.69) is 4.98 Å². The zero-order chi connectivity index (χ0) is 24.0. The first kappa shape index (κ1) is 22.5. The summed E-state index contributed by atoms with van der Waals surface area (Å²) in [5.74, 6) is 0.0563. The van der Waals surface area contributed by atoms with Crippen LogP contribution in [0.15, 0.2) is 33.9 Å². The summed E-state index contributed by atoms with van der Waals surface area (Å²) in [6.07, 6.45) is 1.41. The molecule has 5 rings (SSSR count). The number of aryl methyl sites for hydroxylation is 1. The molecule has 4 heterocycles. The normalized spacial score (nSPS) is 14.0. The van der Waals surface area contributed by atoms with Crippen LogP contribution >= 0.6 is 11.3 Å². The van der Waals surface area contributed by atoms with Gasteiger partial charge >= 0.3 is 5.69 Å². The topological polar surface area (TPSA) is 112 Å². The van der Waals surface area contributed by atoms with E-state index in [1.807, 2.05) is 35.8 Å². The monoisotopic (exact) mass is 483 g/mol. The van der Waals surface area contributed by atoms with Crippen LogP contribution in [0.25, 0.3) is 21.3 Å². The molecule has 0 spiro atoms. The van der Waals surface area contributed by atoms with Crippen LogP contribution in [0.4, 0.5) is 0 Å². The molecule has 0 bridgehead atoms. The van der Waals surface area contributed by atoms with E-state index in [1.165, 1.54) is 23.4 Å². The van der Waals surface area contributed by atoms with Gasteiger partial charge < -0.3 is 9.67 Å². The molecule has 4 aromatic rings. The van der Waals surface area contributed by atoms with Crippen LogP contribution in [0, 0.1) is 0 Å². The van der Waals surface area contributed by atoms with Gasteiger partial charge in [-0.05, 0) is 25.0 Å². The molecule has 34 heavy (non-hydrogen) atoms. The minimum atomic E-state index is -0.504. The Labute approximate surface area is 198 Å². The summed E-state index contributed by atoms with van der Waals surface area (Å²) in [6, 6.07) is 7.50. The van der Waals surface area contributed by atoms with Crippen molar-refractivity contribution in [3.63, 3.8) is 0 Å². The van der Waals surface area contributed by atoms with E-state index in [0.717, 1.165) is 15.6 Å². The van der Waals surface area contributed by atoms with E-state index in [-0.39, 0.29) is 24.1 Å². The van der Waals surface area contributed by atoms with Gasteiger partial charge in [0.25, 0.3) is 11.5 Å². The fraction of sp³-hybridized carbons (Fsp3) is 0.391. The molecule has 0 aliphatic carbocycles. The van der Waals surface area contributed by atoms with Crippen LogP contribution in [0.3, 0.4) is 0 Å². The molecule has 1 aromatic carbocycles. The summed E-state index contributed by atoms with van der Waals surface area (Å²) in [5.41, 5.74) is 0.859. The number of thiophene rings is 1. The number of aliphatic hydroxyl groups excluding tert-OH is 1. The van der Waals surface area contributed by atoms with Crippen molar-refractivity contribution in [2.75, 3.05) is 13.2 Å². The first-order valence-electron chi connectivity index (χ1n) is 11.2. The van der Waals surface area contributed by atoms with Crippen LogP contribution in [0.1, 0.15) is 40.8 Å². The summed E-state index contributed by atoms with van der Waals surface area (Å²) >= 11 is 1.26. The van der Waals surface area contributed by atoms with Gasteiger partial charge in [0.05, 0.1) is 41.7 Å². The molecule has 0 unspecified atom stereocenters. The minimum absolute atomic E-state index is 0.216. The van der Waals surface area contributed by atoms with Crippen LogP contribution < -0.4 is 11.2 Å². The zero-order valence-electron chi connectivity index (χ0n) is 19.0. The molecule has 0 atom stereocenters. The highest BCUT2D eigenvalue weighted by Gasteiger charge is 2.31. The maximum absolute atomic E-state index is 13.6. The number of para-hydroxylation sites is 2. The highest BCUT2D eigenvalue weighted by molar-refractivity contribution is 7.19. The lowest BCUT2D eigenvalue weighted by Crippen LogP contribution is -2.38. The number of rotatable bonds is 6. The number of aromatic nitrogens is 4. The number of fused-ring (bicyclic) bond motifs is 2. The van der Waals surface area contributed by atoms with Crippen molar-refractivity contribution in [2.45, 2.75) is 39.5 Å². The van der Waals surface area contributed by atoms with E-state index < -0.39 is 17.2 Å². The lowest BCUT2D eigenvalue weighted by Gasteiger charge is -2.15. The predicted molar refractivity (Wildman–Crippen MR) is 128 cm³/mol. The number of hydroxylamine groups is 2. The summed E-state index contributed by atoms with van der Waals surface area (Å²) < 4.78 is 4.46. The van der Waals surface area contributed by atoms with E-state index in [0.29, 0.717) is 48.1 Å². The Morgan fingerprint density at radius 2 is 2.03 bits per heavy atom. The SMILES string of the molecule is CCCn1c(=O)n(C)c(=O)c2c(C(=O)N3CCCO3)c(Cn3c(CO)nc4ccccc43)sc21. The summed E-state index contributed by atoms with van der Waals surface area (Å²) in [6.45, 7) is 3.18. The molecule has 11 heteroatoms. The molecule has 178 valence electrons. The molecular formula is C23H25N5O5S. The third-order valence-corrected chi connectivity index (χ3v) is 7.26. The fourth-order valence-electron chi connectivity index (χ4n) is 4.43. The molecule has 1 N–H and O–H groups in total. The second-order valence-electron chi connectivity index (χ2n) is 8.23. The number of aliphatic hydroxyl groups is 1. The van der Waals surface area contributed by atoms with Gasteiger partial charge in [-0.25, -0.2) is 14.8 Å². The van der Waals surface area contributed by atoms with Crippen molar-refractivity contribution in [3.05, 3.63) is 61.4 Å². The smallest absolute Gasteiger partial charge is 0.331 e. The highest BCUT2D eigenvalue weighted by atomic mass is 32.1. The van der Waals surface area contributed by atoms with Gasteiger partial charge in [0.2, 0.25) is 0 Å². The predicted octanol–water partition coefficient (Wildman–Crippen LogP) is 1.84. The van der Waals surface area contributed by atoms with Gasteiger partial charge in [-0.15, -0.1) is 11.3 Å². The minimum Gasteiger partial charge on any atom is -0.388 e. The number of hydrogen-bond acceptors (Lipinski definition) is 7. The van der Waals surface area contributed by atoms with Gasteiger partial charge in [0.15, 0.2) is 0 Å². The third-order valence-electron chi connectivity index (χ3n) is 6.06. The second kappa shape index (κ2) is 8.82. The van der Waals surface area contributed by atoms with Crippen LogP contribution in [-0.4, -0.2) is 47.9 Å². The number of amides is 1. The van der Waals surface area contributed by atoms with Crippen LogP contribution in [0.2, 0.25) is 0 Å². The Morgan fingerprint density at radius 1 is 1.24 bits per heavy atom. The van der Waals surface area contributed by atoms with Crippen molar-refractivity contribution in [1.82, 2.24) is 23.7 Å². The Balaban J connectivity index is 1.79. The maximum Gasteiger partial charge on any atom is 0.331 e. The van der Waals surface area contributed by atoms with Gasteiger partial charge in [-0.2, -0.15) is 0 Å². The number of carbonyl (C=O) groups is 1. The summed E-state index contributed by atoms with van der Waals surface area (Å²) in [7, 11) is 1.43. The summed E-state index contributed by atoms with van der Waals surface area (Å²) in [5, 5.41) is 11.5. The molecular weight excluding hydrogens is 458 g/mol. The lowest BCUT2D eigenvalue weighted by atomic mass is 10.1. The first-order chi connectivity index (χ1) is 16.5. The average Bonchev–Trinajstić information content (AvgIpc) is 3.58. The fourth-order valence-corrected chi connectivity index (χ4v) is 5.72. The van der Waals surface area contributed by atoms with Crippen LogP contribution in [-0.2, 0) is 31.6 Å². The molecule has 1 amide bonds. The molecule has 1 aliphatic rings. The number of benzene rings is 1. The first-order valence-corrected chi connectivity index (χ1v) is 12.0. The second-order valence-corrected chi connectivity index (χ2v) is 9.32. The number of carbonyl (C=O) groups excluding carboxylic acids is 1. The molecule has 1 aliphatic heterocycles. The Hall–Kier alpha value is -3.28. The summed E-state index contributed by atoms with van der Waals surface area (Å²) in [4.78, 5) is 50.9. The Bertz CT molecular complexity index is 1520. The van der Waals surface area contributed by atoms with Crippen molar-refractivity contribution in [3.8, 4) is 0 Å². The van der Waals surface area contributed by atoms with Gasteiger partial charge in [0.1, 0.15) is 17.3 Å². The molecule has 3 aromatic heterocycles. The number of nitrogens with zero attached hydrogens (tertiary/aromatic N) is 5. The number of hydrogen-bond donors (Lipinski definition) is 1. The van der Waals surface area contributed by atoms with Crippen molar-refractivity contribution in [1.29, 1.82) is 0 Å². The largest absolute Gasteiger partial charge is 0.388 e. The Morgan fingerprint density at radius 3 is 2.74 bits per heavy atom. The molecule has 10 nitrogen and oxygen atoms in total. The van der Waals surface area contributed by atoms with Crippen molar-refractivity contribution in [2.24, 2.45) is 7.05 Å².